The van der Waals surface area contributed by atoms with Gasteiger partial charge in [-0.25, -0.2) is 4.98 Å². The van der Waals surface area contributed by atoms with Crippen molar-refractivity contribution in [2.75, 3.05) is 5.32 Å². The summed E-state index contributed by atoms with van der Waals surface area (Å²) in [5.41, 5.74) is 3.17. The highest BCUT2D eigenvalue weighted by atomic mass is 16.5. The maximum Gasteiger partial charge on any atom is 0.261 e. The first-order valence-electron chi connectivity index (χ1n) is 7.41. The molecule has 3 aromatic rings. The van der Waals surface area contributed by atoms with Crippen molar-refractivity contribution in [3.8, 4) is 11.8 Å². The second-order valence-corrected chi connectivity index (χ2v) is 5.20. The largest absolute Gasteiger partial charge is 0.361 e. The van der Waals surface area contributed by atoms with Crippen LogP contribution in [-0.4, -0.2) is 16.0 Å². The number of aryl methyl sites for hydroxylation is 2. The van der Waals surface area contributed by atoms with Crippen molar-refractivity contribution in [2.45, 2.75) is 13.8 Å². The van der Waals surface area contributed by atoms with E-state index in [1.54, 1.807) is 20.0 Å². The van der Waals surface area contributed by atoms with Crippen molar-refractivity contribution < 1.29 is 9.32 Å². The second-order valence-electron chi connectivity index (χ2n) is 5.20. The molecule has 0 aliphatic carbocycles. The fourth-order valence-corrected chi connectivity index (χ4v) is 2.25. The topological polar surface area (TPSA) is 68.0 Å². The first-order valence-corrected chi connectivity index (χ1v) is 7.41. The zero-order chi connectivity index (χ0) is 16.9. The lowest BCUT2D eigenvalue weighted by Crippen LogP contribution is -2.13. The van der Waals surface area contributed by atoms with Crippen LogP contribution < -0.4 is 5.32 Å². The molecule has 0 saturated heterocycles. The molecule has 0 bridgehead atoms. The van der Waals surface area contributed by atoms with Crippen LogP contribution >= 0.6 is 0 Å². The van der Waals surface area contributed by atoms with Gasteiger partial charge >= 0.3 is 0 Å². The van der Waals surface area contributed by atoms with Gasteiger partial charge in [0.1, 0.15) is 17.0 Å². The molecule has 1 N–H and O–H groups in total. The molecule has 1 aromatic carbocycles. The van der Waals surface area contributed by atoms with E-state index in [1.807, 2.05) is 42.5 Å². The van der Waals surface area contributed by atoms with E-state index in [1.165, 1.54) is 0 Å². The average Bonchev–Trinajstić information content (AvgIpc) is 2.93. The highest BCUT2D eigenvalue weighted by Crippen LogP contribution is 2.16. The fourth-order valence-electron chi connectivity index (χ4n) is 2.25. The van der Waals surface area contributed by atoms with Gasteiger partial charge in [-0.2, -0.15) is 0 Å². The highest BCUT2D eigenvalue weighted by Gasteiger charge is 2.17. The summed E-state index contributed by atoms with van der Waals surface area (Å²) in [6.45, 7) is 3.45. The third-order valence-corrected chi connectivity index (χ3v) is 3.38. The zero-order valence-corrected chi connectivity index (χ0v) is 13.3. The Balaban J connectivity index is 1.79. The van der Waals surface area contributed by atoms with E-state index in [0.29, 0.717) is 28.4 Å². The van der Waals surface area contributed by atoms with Crippen LogP contribution in [0.4, 0.5) is 5.69 Å². The van der Waals surface area contributed by atoms with Crippen LogP contribution in [0, 0.1) is 25.7 Å². The monoisotopic (exact) mass is 317 g/mol. The van der Waals surface area contributed by atoms with E-state index in [0.717, 1.165) is 5.56 Å². The predicted molar refractivity (Wildman–Crippen MR) is 90.6 cm³/mol. The quantitative estimate of drug-likeness (QED) is 0.736. The molecule has 0 fully saturated rings. The summed E-state index contributed by atoms with van der Waals surface area (Å²) in [6.07, 6.45) is 1.70. The molecule has 3 rings (SSSR count). The van der Waals surface area contributed by atoms with Crippen molar-refractivity contribution in [2.24, 2.45) is 0 Å². The molecule has 1 amide bonds. The first kappa shape index (κ1) is 15.5. The third-order valence-electron chi connectivity index (χ3n) is 3.38. The molecule has 0 radical (unpaired) electrons. The van der Waals surface area contributed by atoms with Gasteiger partial charge in [-0.05, 0) is 50.1 Å². The molecule has 2 heterocycles. The molecule has 0 aliphatic heterocycles. The normalized spacial score (nSPS) is 9.92. The van der Waals surface area contributed by atoms with Crippen molar-refractivity contribution in [1.29, 1.82) is 0 Å². The van der Waals surface area contributed by atoms with Crippen molar-refractivity contribution >= 4 is 11.6 Å². The molecule has 118 valence electrons. The molecular formula is C19H15N3O2. The minimum Gasteiger partial charge on any atom is -0.361 e. The molecule has 5 nitrogen and oxygen atoms in total. The van der Waals surface area contributed by atoms with Gasteiger partial charge in [0, 0.05) is 17.4 Å². The van der Waals surface area contributed by atoms with Gasteiger partial charge in [-0.1, -0.05) is 23.2 Å². The smallest absolute Gasteiger partial charge is 0.261 e. The summed E-state index contributed by atoms with van der Waals surface area (Å²) in [4.78, 5) is 16.5. The summed E-state index contributed by atoms with van der Waals surface area (Å²) < 4.78 is 5.03. The van der Waals surface area contributed by atoms with E-state index in [-0.39, 0.29) is 5.91 Å². The third kappa shape index (κ3) is 3.50. The van der Waals surface area contributed by atoms with Crippen LogP contribution in [0.1, 0.15) is 33.1 Å². The van der Waals surface area contributed by atoms with Gasteiger partial charge in [0.05, 0.1) is 5.69 Å². The minimum absolute atomic E-state index is 0.249. The molecule has 0 spiro atoms. The van der Waals surface area contributed by atoms with Crippen LogP contribution in [0.25, 0.3) is 0 Å². The number of carbonyl (C=O) groups excluding carboxylic acids is 1. The number of carbonyl (C=O) groups is 1. The van der Waals surface area contributed by atoms with Crippen LogP contribution in [0.15, 0.2) is 53.2 Å². The summed E-state index contributed by atoms with van der Waals surface area (Å²) in [5, 5.41) is 6.64. The maximum atomic E-state index is 12.4. The maximum absolute atomic E-state index is 12.4. The summed E-state index contributed by atoms with van der Waals surface area (Å²) >= 11 is 0. The van der Waals surface area contributed by atoms with E-state index in [4.69, 9.17) is 4.52 Å². The van der Waals surface area contributed by atoms with Gasteiger partial charge in [-0.3, -0.25) is 4.79 Å². The van der Waals surface area contributed by atoms with Gasteiger partial charge in [0.15, 0.2) is 0 Å². The van der Waals surface area contributed by atoms with E-state index >= 15 is 0 Å². The minimum atomic E-state index is -0.249. The van der Waals surface area contributed by atoms with Gasteiger partial charge in [0.2, 0.25) is 0 Å². The number of nitrogens with zero attached hydrogens (tertiary/aromatic N) is 2. The van der Waals surface area contributed by atoms with Crippen LogP contribution in [-0.2, 0) is 0 Å². The number of amides is 1. The Morgan fingerprint density at radius 3 is 2.71 bits per heavy atom. The molecule has 2 aromatic heterocycles. The van der Waals surface area contributed by atoms with Crippen LogP contribution in [0.5, 0.6) is 0 Å². The molecule has 0 saturated carbocycles. The van der Waals surface area contributed by atoms with Gasteiger partial charge in [0.25, 0.3) is 5.91 Å². The van der Waals surface area contributed by atoms with E-state index in [2.05, 4.69) is 27.3 Å². The number of hydrogen-bond donors (Lipinski definition) is 1. The molecule has 0 atom stereocenters. The van der Waals surface area contributed by atoms with Crippen molar-refractivity contribution in [1.82, 2.24) is 10.1 Å². The standard InChI is InChI=1S/C19H15N3O2/c1-13-18(14(2)24-22-13)19(23)21-17-8-5-6-15(12-17)9-10-16-7-3-4-11-20-16/h3-8,11-12H,1-2H3,(H,21,23). The van der Waals surface area contributed by atoms with Gasteiger partial charge in [-0.15, -0.1) is 0 Å². The molecule has 0 aliphatic rings. The summed E-state index contributed by atoms with van der Waals surface area (Å²) in [7, 11) is 0. The Morgan fingerprint density at radius 2 is 2.00 bits per heavy atom. The van der Waals surface area contributed by atoms with E-state index < -0.39 is 0 Å². The van der Waals surface area contributed by atoms with Crippen LogP contribution in [0.3, 0.4) is 0 Å². The molecule has 24 heavy (non-hydrogen) atoms. The predicted octanol–water partition coefficient (Wildman–Crippen LogP) is 3.34. The summed E-state index contributed by atoms with van der Waals surface area (Å²) in [6, 6.07) is 12.9. The molecular weight excluding hydrogens is 302 g/mol. The van der Waals surface area contributed by atoms with Gasteiger partial charge < -0.3 is 9.84 Å². The zero-order valence-electron chi connectivity index (χ0n) is 13.3. The number of pyridine rings is 1. The number of hydrogen-bond acceptors (Lipinski definition) is 4. The Labute approximate surface area is 139 Å². The Hall–Kier alpha value is -3.39. The SMILES string of the molecule is Cc1noc(C)c1C(=O)Nc1cccc(C#Cc2ccccn2)c1. The molecule has 0 unspecified atom stereocenters. The number of nitrogens with one attached hydrogen (secondary N) is 1. The Bertz CT molecular complexity index is 914. The van der Waals surface area contributed by atoms with Crippen molar-refractivity contribution in [3.63, 3.8) is 0 Å². The summed E-state index contributed by atoms with van der Waals surface area (Å²) in [5.74, 6) is 6.27. The fraction of sp³-hybridized carbons (Fsp3) is 0.105. The Kier molecular flexibility index (Phi) is 4.39. The highest BCUT2D eigenvalue weighted by molar-refractivity contribution is 6.05. The number of benzene rings is 1. The first-order chi connectivity index (χ1) is 11.6. The number of rotatable bonds is 2. The lowest BCUT2D eigenvalue weighted by Gasteiger charge is -2.05. The molecule has 5 heteroatoms. The lowest BCUT2D eigenvalue weighted by atomic mass is 10.1. The van der Waals surface area contributed by atoms with Crippen LogP contribution in [0.2, 0.25) is 0 Å². The van der Waals surface area contributed by atoms with E-state index in [9.17, 15) is 4.79 Å². The second kappa shape index (κ2) is 6.80. The lowest BCUT2D eigenvalue weighted by molar-refractivity contribution is 0.102. The number of aromatic nitrogens is 2. The number of anilines is 1. The van der Waals surface area contributed by atoms with Crippen molar-refractivity contribution in [3.05, 3.63) is 76.9 Å². The average molecular weight is 317 g/mol. The Morgan fingerprint density at radius 1 is 1.12 bits per heavy atom.